The van der Waals surface area contributed by atoms with Crippen molar-refractivity contribution < 1.29 is 9.53 Å². The first-order valence-electron chi connectivity index (χ1n) is 9.11. The summed E-state index contributed by atoms with van der Waals surface area (Å²) in [7, 11) is 1.75. The lowest BCUT2D eigenvalue weighted by molar-refractivity contribution is 0.0527. The van der Waals surface area contributed by atoms with E-state index in [9.17, 15) is 4.79 Å². The summed E-state index contributed by atoms with van der Waals surface area (Å²) in [6.45, 7) is 12.0. The van der Waals surface area contributed by atoms with Crippen LogP contribution in [0.1, 0.15) is 46.6 Å². The van der Waals surface area contributed by atoms with Gasteiger partial charge in [-0.1, -0.05) is 44.2 Å². The quantitative estimate of drug-likeness (QED) is 0.396. The number of hydrogen-bond donors (Lipinski definition) is 3. The van der Waals surface area contributed by atoms with Crippen LogP contribution in [0.15, 0.2) is 35.3 Å². The highest BCUT2D eigenvalue weighted by molar-refractivity contribution is 5.79. The molecule has 0 saturated heterocycles. The zero-order chi connectivity index (χ0) is 19.6. The first-order valence-corrected chi connectivity index (χ1v) is 9.11. The van der Waals surface area contributed by atoms with E-state index in [1.54, 1.807) is 7.05 Å². The molecule has 0 saturated carbocycles. The number of nitrogens with zero attached hydrogens (tertiary/aromatic N) is 1. The molecule has 0 aromatic heterocycles. The lowest BCUT2D eigenvalue weighted by atomic mass is 9.85. The number of ether oxygens (including phenoxy) is 1. The Hall–Kier alpha value is -2.24. The number of carbonyl (C=O) groups is 1. The Morgan fingerprint density at radius 3 is 2.19 bits per heavy atom. The molecule has 146 valence electrons. The van der Waals surface area contributed by atoms with Crippen molar-refractivity contribution in [1.82, 2.24) is 16.0 Å². The van der Waals surface area contributed by atoms with Gasteiger partial charge in [-0.25, -0.2) is 4.79 Å². The van der Waals surface area contributed by atoms with E-state index in [1.807, 2.05) is 26.8 Å². The minimum Gasteiger partial charge on any atom is -0.444 e. The van der Waals surface area contributed by atoms with Gasteiger partial charge < -0.3 is 20.7 Å². The first-order chi connectivity index (χ1) is 12.1. The van der Waals surface area contributed by atoms with E-state index >= 15 is 0 Å². The average molecular weight is 363 g/mol. The smallest absolute Gasteiger partial charge is 0.407 e. The Labute approximate surface area is 157 Å². The van der Waals surface area contributed by atoms with Crippen LogP contribution < -0.4 is 16.0 Å². The summed E-state index contributed by atoms with van der Waals surface area (Å²) in [5, 5.41) is 9.38. The number of benzene rings is 1. The van der Waals surface area contributed by atoms with E-state index in [-0.39, 0.29) is 11.5 Å². The Morgan fingerprint density at radius 1 is 1.00 bits per heavy atom. The van der Waals surface area contributed by atoms with E-state index in [4.69, 9.17) is 4.74 Å². The molecule has 6 nitrogen and oxygen atoms in total. The first kappa shape index (κ1) is 21.8. The van der Waals surface area contributed by atoms with Gasteiger partial charge in [0.25, 0.3) is 0 Å². The Morgan fingerprint density at radius 2 is 1.62 bits per heavy atom. The SMILES string of the molecule is CN=C(NCCCNC(=O)OC(C)(C)C)NCC(C)(C)c1ccccc1. The van der Waals surface area contributed by atoms with Crippen LogP contribution in [0.3, 0.4) is 0 Å². The van der Waals surface area contributed by atoms with Crippen molar-refractivity contribution >= 4 is 12.1 Å². The van der Waals surface area contributed by atoms with Crippen LogP contribution in [0.2, 0.25) is 0 Å². The monoisotopic (exact) mass is 362 g/mol. The molecule has 26 heavy (non-hydrogen) atoms. The maximum Gasteiger partial charge on any atom is 0.407 e. The molecule has 0 aliphatic heterocycles. The number of amides is 1. The van der Waals surface area contributed by atoms with E-state index in [1.165, 1.54) is 5.56 Å². The molecule has 0 heterocycles. The standard InChI is InChI=1S/C20H34N4O2/c1-19(2,3)26-18(25)23-14-10-13-22-17(21-6)24-15-20(4,5)16-11-8-7-9-12-16/h7-9,11-12H,10,13-15H2,1-6H3,(H,23,25)(H2,21,22,24). The van der Waals surface area contributed by atoms with Gasteiger partial charge in [0.15, 0.2) is 5.96 Å². The Balaban J connectivity index is 2.28. The second-order valence-electron chi connectivity index (χ2n) is 7.88. The summed E-state index contributed by atoms with van der Waals surface area (Å²) < 4.78 is 5.20. The van der Waals surface area contributed by atoms with Crippen LogP contribution in [-0.4, -0.2) is 44.3 Å². The molecule has 3 N–H and O–H groups in total. The second-order valence-corrected chi connectivity index (χ2v) is 7.88. The molecule has 0 bridgehead atoms. The molecule has 0 aliphatic carbocycles. The fraction of sp³-hybridized carbons (Fsp3) is 0.600. The minimum atomic E-state index is -0.472. The highest BCUT2D eigenvalue weighted by Crippen LogP contribution is 2.21. The normalized spacial score (nSPS) is 12.5. The van der Waals surface area contributed by atoms with Gasteiger partial charge in [-0.2, -0.15) is 0 Å². The van der Waals surface area contributed by atoms with Crippen LogP contribution >= 0.6 is 0 Å². The molecule has 0 atom stereocenters. The summed E-state index contributed by atoms with van der Waals surface area (Å²) >= 11 is 0. The fourth-order valence-electron chi connectivity index (χ4n) is 2.32. The third kappa shape index (κ3) is 8.74. The summed E-state index contributed by atoms with van der Waals surface area (Å²) in [5.74, 6) is 0.756. The fourth-order valence-corrected chi connectivity index (χ4v) is 2.32. The lowest BCUT2D eigenvalue weighted by Crippen LogP contribution is -2.44. The van der Waals surface area contributed by atoms with E-state index in [0.29, 0.717) is 13.1 Å². The molecule has 0 fully saturated rings. The molecule has 1 amide bonds. The summed E-state index contributed by atoms with van der Waals surface area (Å²) in [5.41, 5.74) is 0.807. The van der Waals surface area contributed by atoms with Gasteiger partial charge in [-0.15, -0.1) is 0 Å². The molecule has 0 spiro atoms. The Bertz CT molecular complexity index is 577. The van der Waals surface area contributed by atoms with Crippen molar-refractivity contribution in [2.45, 2.75) is 52.1 Å². The Kier molecular flexibility index (Phi) is 8.42. The third-order valence-corrected chi connectivity index (χ3v) is 3.79. The van der Waals surface area contributed by atoms with E-state index in [0.717, 1.165) is 18.9 Å². The third-order valence-electron chi connectivity index (χ3n) is 3.79. The zero-order valence-electron chi connectivity index (χ0n) is 17.0. The van der Waals surface area contributed by atoms with Gasteiger partial charge in [0, 0.05) is 32.1 Å². The van der Waals surface area contributed by atoms with Crippen molar-refractivity contribution in [2.75, 3.05) is 26.7 Å². The van der Waals surface area contributed by atoms with Gasteiger partial charge in [-0.3, -0.25) is 4.99 Å². The summed E-state index contributed by atoms with van der Waals surface area (Å²) in [4.78, 5) is 15.8. The van der Waals surface area contributed by atoms with Crippen LogP contribution in [0.4, 0.5) is 4.79 Å². The number of nitrogens with one attached hydrogen (secondary N) is 3. The maximum absolute atomic E-state index is 11.6. The predicted molar refractivity (Wildman–Crippen MR) is 108 cm³/mol. The zero-order valence-corrected chi connectivity index (χ0v) is 17.0. The van der Waals surface area contributed by atoms with Crippen molar-refractivity contribution in [1.29, 1.82) is 0 Å². The van der Waals surface area contributed by atoms with Gasteiger partial charge in [-0.05, 0) is 32.8 Å². The number of carbonyl (C=O) groups excluding carboxylic acids is 1. The molecule has 6 heteroatoms. The van der Waals surface area contributed by atoms with E-state index < -0.39 is 5.60 Å². The van der Waals surface area contributed by atoms with Crippen molar-refractivity contribution in [3.8, 4) is 0 Å². The van der Waals surface area contributed by atoms with Gasteiger partial charge in [0.1, 0.15) is 5.60 Å². The molecule has 1 aromatic rings. The molecule has 0 aliphatic rings. The summed E-state index contributed by atoms with van der Waals surface area (Å²) in [6, 6.07) is 10.4. The highest BCUT2D eigenvalue weighted by atomic mass is 16.6. The van der Waals surface area contributed by atoms with Gasteiger partial charge in [0.05, 0.1) is 0 Å². The van der Waals surface area contributed by atoms with E-state index in [2.05, 4.69) is 59.1 Å². The van der Waals surface area contributed by atoms with Crippen LogP contribution in [0, 0.1) is 0 Å². The van der Waals surface area contributed by atoms with Crippen LogP contribution in [-0.2, 0) is 10.2 Å². The van der Waals surface area contributed by atoms with Gasteiger partial charge >= 0.3 is 6.09 Å². The van der Waals surface area contributed by atoms with Crippen molar-refractivity contribution in [3.05, 3.63) is 35.9 Å². The molecule has 0 unspecified atom stereocenters. The number of guanidine groups is 1. The highest BCUT2D eigenvalue weighted by Gasteiger charge is 2.20. The molecular weight excluding hydrogens is 328 g/mol. The largest absolute Gasteiger partial charge is 0.444 e. The number of hydrogen-bond acceptors (Lipinski definition) is 3. The number of alkyl carbamates (subject to hydrolysis) is 1. The number of aliphatic imine (C=N–C) groups is 1. The van der Waals surface area contributed by atoms with Gasteiger partial charge in [0.2, 0.25) is 0 Å². The lowest BCUT2D eigenvalue weighted by Gasteiger charge is -2.26. The topological polar surface area (TPSA) is 74.8 Å². The van der Waals surface area contributed by atoms with Crippen LogP contribution in [0.5, 0.6) is 0 Å². The summed E-state index contributed by atoms with van der Waals surface area (Å²) in [6.07, 6.45) is 0.395. The van der Waals surface area contributed by atoms with Crippen molar-refractivity contribution in [3.63, 3.8) is 0 Å². The molecular formula is C20H34N4O2. The van der Waals surface area contributed by atoms with Crippen LogP contribution in [0.25, 0.3) is 0 Å². The molecule has 1 rings (SSSR count). The predicted octanol–water partition coefficient (Wildman–Crippen LogP) is 3.04. The molecule has 0 radical (unpaired) electrons. The second kappa shape index (κ2) is 10.0. The average Bonchev–Trinajstić information content (AvgIpc) is 2.56. The molecule has 1 aromatic carbocycles. The maximum atomic E-state index is 11.6. The van der Waals surface area contributed by atoms with Crippen molar-refractivity contribution in [2.24, 2.45) is 4.99 Å². The number of rotatable bonds is 7. The minimum absolute atomic E-state index is 0.00283.